The molecule has 0 aromatic heterocycles. The lowest BCUT2D eigenvalue weighted by molar-refractivity contribution is 0.0951. The molecule has 0 spiro atoms. The van der Waals surface area contributed by atoms with Gasteiger partial charge in [0.1, 0.15) is 5.82 Å². The Bertz CT molecular complexity index is 939. The van der Waals surface area contributed by atoms with Crippen molar-refractivity contribution in [2.24, 2.45) is 0 Å². The number of para-hydroxylation sites is 1. The van der Waals surface area contributed by atoms with Crippen molar-refractivity contribution in [1.29, 1.82) is 0 Å². The Morgan fingerprint density at radius 3 is 2.11 bits per heavy atom. The summed E-state index contributed by atoms with van der Waals surface area (Å²) in [5, 5.41) is 2.83. The molecule has 3 aromatic carbocycles. The van der Waals surface area contributed by atoms with Gasteiger partial charge in [-0.3, -0.25) is 9.59 Å². The van der Waals surface area contributed by atoms with Crippen molar-refractivity contribution >= 4 is 17.5 Å². The Hall–Kier alpha value is -3.47. The second-order valence-electron chi connectivity index (χ2n) is 6.41. The third-order valence-electron chi connectivity index (χ3n) is 4.45. The molecule has 142 valence electrons. The number of hydrogen-bond donors (Lipinski definition) is 1. The standard InChI is InChI=1S/C23H21FN2O2/c1-26(21-5-3-2-4-6-21)23(28)19-11-9-18(10-12-19)22(27)25-16-15-17-7-13-20(24)14-8-17/h2-14H,15-16H2,1H3,(H,25,27). The number of anilines is 1. The zero-order valence-electron chi connectivity index (χ0n) is 15.6. The molecule has 0 saturated heterocycles. The Balaban J connectivity index is 1.56. The summed E-state index contributed by atoms with van der Waals surface area (Å²) in [5.74, 6) is -0.632. The van der Waals surface area contributed by atoms with E-state index in [1.165, 1.54) is 12.1 Å². The van der Waals surface area contributed by atoms with Crippen LogP contribution in [0.4, 0.5) is 10.1 Å². The second kappa shape index (κ2) is 8.95. The molecular formula is C23H21FN2O2. The van der Waals surface area contributed by atoms with Gasteiger partial charge in [0.15, 0.2) is 0 Å². The van der Waals surface area contributed by atoms with E-state index in [9.17, 15) is 14.0 Å². The van der Waals surface area contributed by atoms with Crippen LogP contribution in [0.25, 0.3) is 0 Å². The van der Waals surface area contributed by atoms with Crippen molar-refractivity contribution in [3.63, 3.8) is 0 Å². The van der Waals surface area contributed by atoms with Gasteiger partial charge in [0, 0.05) is 30.4 Å². The van der Waals surface area contributed by atoms with Crippen molar-refractivity contribution in [2.45, 2.75) is 6.42 Å². The minimum absolute atomic E-state index is 0.144. The van der Waals surface area contributed by atoms with Gasteiger partial charge in [-0.25, -0.2) is 4.39 Å². The van der Waals surface area contributed by atoms with Gasteiger partial charge < -0.3 is 10.2 Å². The van der Waals surface area contributed by atoms with Crippen molar-refractivity contribution < 1.29 is 14.0 Å². The zero-order chi connectivity index (χ0) is 19.9. The third-order valence-corrected chi connectivity index (χ3v) is 4.45. The van der Waals surface area contributed by atoms with Crippen LogP contribution in [0.5, 0.6) is 0 Å². The molecule has 0 aliphatic rings. The average Bonchev–Trinajstić information content (AvgIpc) is 2.74. The highest BCUT2D eigenvalue weighted by molar-refractivity contribution is 6.06. The fourth-order valence-electron chi connectivity index (χ4n) is 2.80. The van der Waals surface area contributed by atoms with E-state index in [0.29, 0.717) is 24.1 Å². The Morgan fingerprint density at radius 2 is 1.46 bits per heavy atom. The predicted molar refractivity (Wildman–Crippen MR) is 108 cm³/mol. The van der Waals surface area contributed by atoms with E-state index < -0.39 is 0 Å². The highest BCUT2D eigenvalue weighted by Crippen LogP contribution is 2.15. The van der Waals surface area contributed by atoms with E-state index in [-0.39, 0.29) is 17.6 Å². The van der Waals surface area contributed by atoms with Gasteiger partial charge in [-0.2, -0.15) is 0 Å². The second-order valence-corrected chi connectivity index (χ2v) is 6.41. The summed E-state index contributed by atoms with van der Waals surface area (Å²) in [6.45, 7) is 0.446. The SMILES string of the molecule is CN(C(=O)c1ccc(C(=O)NCCc2ccc(F)cc2)cc1)c1ccccc1. The maximum absolute atomic E-state index is 12.9. The topological polar surface area (TPSA) is 49.4 Å². The number of nitrogens with zero attached hydrogens (tertiary/aromatic N) is 1. The zero-order valence-corrected chi connectivity index (χ0v) is 15.6. The van der Waals surface area contributed by atoms with Crippen molar-refractivity contribution in [1.82, 2.24) is 5.32 Å². The molecule has 28 heavy (non-hydrogen) atoms. The first-order valence-electron chi connectivity index (χ1n) is 9.00. The summed E-state index contributed by atoms with van der Waals surface area (Å²) in [4.78, 5) is 26.4. The summed E-state index contributed by atoms with van der Waals surface area (Å²) in [6, 6.07) is 22.1. The van der Waals surface area contributed by atoms with E-state index in [4.69, 9.17) is 0 Å². The molecule has 0 heterocycles. The maximum atomic E-state index is 12.9. The van der Waals surface area contributed by atoms with Crippen molar-refractivity contribution in [3.8, 4) is 0 Å². The first kappa shape index (κ1) is 19.3. The summed E-state index contributed by atoms with van der Waals surface area (Å²) in [5.41, 5.74) is 2.74. The van der Waals surface area contributed by atoms with Gasteiger partial charge in [-0.15, -0.1) is 0 Å². The van der Waals surface area contributed by atoms with Crippen LogP contribution in [0.1, 0.15) is 26.3 Å². The molecule has 4 nitrogen and oxygen atoms in total. The van der Waals surface area contributed by atoms with Gasteiger partial charge in [0.2, 0.25) is 0 Å². The first-order chi connectivity index (χ1) is 13.5. The van der Waals surface area contributed by atoms with Gasteiger partial charge in [0.25, 0.3) is 11.8 Å². The number of rotatable bonds is 6. The van der Waals surface area contributed by atoms with Crippen LogP contribution in [0.15, 0.2) is 78.9 Å². The van der Waals surface area contributed by atoms with E-state index >= 15 is 0 Å². The smallest absolute Gasteiger partial charge is 0.258 e. The molecule has 0 atom stereocenters. The lowest BCUT2D eigenvalue weighted by Gasteiger charge is -2.17. The van der Waals surface area contributed by atoms with Gasteiger partial charge in [-0.05, 0) is 60.5 Å². The van der Waals surface area contributed by atoms with Crippen LogP contribution in [-0.4, -0.2) is 25.4 Å². The number of halogens is 1. The summed E-state index contributed by atoms with van der Waals surface area (Å²) in [7, 11) is 1.72. The fraction of sp³-hybridized carbons (Fsp3) is 0.130. The molecule has 0 aliphatic carbocycles. The van der Waals surface area contributed by atoms with Gasteiger partial charge in [0.05, 0.1) is 0 Å². The van der Waals surface area contributed by atoms with E-state index in [2.05, 4.69) is 5.32 Å². The monoisotopic (exact) mass is 376 g/mol. The van der Waals surface area contributed by atoms with E-state index in [1.54, 1.807) is 48.3 Å². The number of carbonyl (C=O) groups excluding carboxylic acids is 2. The minimum Gasteiger partial charge on any atom is -0.352 e. The van der Waals surface area contributed by atoms with E-state index in [0.717, 1.165) is 11.3 Å². The fourth-order valence-corrected chi connectivity index (χ4v) is 2.80. The Morgan fingerprint density at radius 1 is 0.857 bits per heavy atom. The molecule has 0 fully saturated rings. The quantitative estimate of drug-likeness (QED) is 0.705. The van der Waals surface area contributed by atoms with Gasteiger partial charge in [-0.1, -0.05) is 30.3 Å². The maximum Gasteiger partial charge on any atom is 0.258 e. The van der Waals surface area contributed by atoms with Crippen LogP contribution in [-0.2, 0) is 6.42 Å². The summed E-state index contributed by atoms with van der Waals surface area (Å²) < 4.78 is 12.9. The molecule has 2 amide bonds. The molecule has 0 radical (unpaired) electrons. The van der Waals surface area contributed by atoms with E-state index in [1.807, 2.05) is 30.3 Å². The van der Waals surface area contributed by atoms with Crippen LogP contribution in [0, 0.1) is 5.82 Å². The molecule has 3 rings (SSSR count). The number of hydrogen-bond acceptors (Lipinski definition) is 2. The van der Waals surface area contributed by atoms with Crippen molar-refractivity contribution in [3.05, 3.63) is 101 Å². The number of amides is 2. The van der Waals surface area contributed by atoms with Gasteiger partial charge >= 0.3 is 0 Å². The largest absolute Gasteiger partial charge is 0.352 e. The molecule has 1 N–H and O–H groups in total. The third kappa shape index (κ3) is 4.82. The first-order valence-corrected chi connectivity index (χ1v) is 9.00. The molecule has 0 bridgehead atoms. The summed E-state index contributed by atoms with van der Waals surface area (Å²) in [6.07, 6.45) is 0.616. The predicted octanol–water partition coefficient (Wildman–Crippen LogP) is 4.07. The van der Waals surface area contributed by atoms with Crippen LogP contribution < -0.4 is 10.2 Å². The molecule has 5 heteroatoms. The molecule has 0 unspecified atom stereocenters. The number of benzene rings is 3. The van der Waals surface area contributed by atoms with Crippen molar-refractivity contribution in [2.75, 3.05) is 18.5 Å². The lowest BCUT2D eigenvalue weighted by atomic mass is 10.1. The normalized spacial score (nSPS) is 10.4. The molecule has 0 aliphatic heterocycles. The Labute approximate surface area is 163 Å². The molecular weight excluding hydrogens is 355 g/mol. The summed E-state index contributed by atoms with van der Waals surface area (Å²) >= 11 is 0. The number of carbonyl (C=O) groups is 2. The van der Waals surface area contributed by atoms with Crippen LogP contribution >= 0.6 is 0 Å². The minimum atomic E-state index is -0.277. The number of nitrogens with one attached hydrogen (secondary N) is 1. The van der Waals surface area contributed by atoms with Crippen LogP contribution in [0.2, 0.25) is 0 Å². The lowest BCUT2D eigenvalue weighted by Crippen LogP contribution is -2.27. The van der Waals surface area contributed by atoms with Crippen LogP contribution in [0.3, 0.4) is 0 Å². The Kier molecular flexibility index (Phi) is 6.17. The highest BCUT2D eigenvalue weighted by Gasteiger charge is 2.14. The highest BCUT2D eigenvalue weighted by atomic mass is 19.1. The average molecular weight is 376 g/mol. The molecule has 3 aromatic rings. The molecule has 0 saturated carbocycles.